The molecule has 4 aromatic rings. The lowest BCUT2D eigenvalue weighted by Gasteiger charge is -2.08. The van der Waals surface area contributed by atoms with Gasteiger partial charge < -0.3 is 20.4 Å². The number of hydrogen-bond donors (Lipinski definition) is 4. The summed E-state index contributed by atoms with van der Waals surface area (Å²) >= 11 is 0. The summed E-state index contributed by atoms with van der Waals surface area (Å²) < 4.78 is 5.28. The number of rotatable bonds is 9. The molecule has 2 amide bonds. The number of fused-ring (bicyclic) bond motifs is 2. The first-order valence-electron chi connectivity index (χ1n) is 10.7. The molecule has 0 fully saturated rings. The lowest BCUT2D eigenvalue weighted by atomic mass is 10.1. The first-order chi connectivity index (χ1) is 16.0. The summed E-state index contributed by atoms with van der Waals surface area (Å²) in [5.41, 5.74) is 2.31. The third-order valence-corrected chi connectivity index (χ3v) is 5.47. The van der Waals surface area contributed by atoms with Crippen LogP contribution in [0.2, 0.25) is 0 Å². The minimum atomic E-state index is -0.293. The number of aromatic nitrogens is 3. The molecule has 0 saturated heterocycles. The molecule has 170 valence electrons. The quantitative estimate of drug-likeness (QED) is 0.311. The van der Waals surface area contributed by atoms with Gasteiger partial charge in [-0.15, -0.1) is 0 Å². The molecule has 0 aliphatic rings. The van der Waals surface area contributed by atoms with E-state index in [1.165, 1.54) is 0 Å². The smallest absolute Gasteiger partial charge is 0.272 e. The maximum atomic E-state index is 12.3. The van der Waals surface area contributed by atoms with Gasteiger partial charge in [0.2, 0.25) is 11.8 Å². The van der Waals surface area contributed by atoms with Crippen LogP contribution in [0.1, 0.15) is 17.7 Å². The molecule has 2 heterocycles. The summed E-state index contributed by atoms with van der Waals surface area (Å²) in [6, 6.07) is 12.8. The Morgan fingerprint density at radius 3 is 2.61 bits per heavy atom. The maximum Gasteiger partial charge on any atom is 0.272 e. The van der Waals surface area contributed by atoms with Gasteiger partial charge in [0.25, 0.3) is 5.56 Å². The number of nitrogens with zero attached hydrogens (tertiary/aromatic N) is 1. The molecule has 4 rings (SSSR count). The average molecular weight is 447 g/mol. The van der Waals surface area contributed by atoms with Crippen LogP contribution >= 0.6 is 0 Å². The molecular formula is C24H25N5O4. The van der Waals surface area contributed by atoms with Crippen LogP contribution in [0.15, 0.2) is 53.5 Å². The predicted molar refractivity (Wildman–Crippen MR) is 125 cm³/mol. The van der Waals surface area contributed by atoms with Gasteiger partial charge in [0.1, 0.15) is 5.75 Å². The standard InChI is InChI=1S/C24H25N5O4/c1-33-16-6-7-20-19(12-16)15(14-27-20)8-10-25-22(30)9-11-26-23(31)13-21-17-4-2-3-5-18(17)24(32)29-28-21/h2-7,12,14,27H,8-11,13H2,1H3,(H,25,30)(H,26,31)(H,29,32). The zero-order valence-corrected chi connectivity index (χ0v) is 18.2. The summed E-state index contributed by atoms with van der Waals surface area (Å²) in [6.45, 7) is 0.709. The van der Waals surface area contributed by atoms with Crippen molar-refractivity contribution in [3.63, 3.8) is 0 Å². The van der Waals surface area contributed by atoms with E-state index < -0.39 is 0 Å². The second kappa shape index (κ2) is 9.99. The molecule has 0 radical (unpaired) electrons. The van der Waals surface area contributed by atoms with Gasteiger partial charge in [0.05, 0.1) is 24.6 Å². The van der Waals surface area contributed by atoms with Crippen molar-refractivity contribution >= 4 is 33.5 Å². The Bertz CT molecular complexity index is 1360. The highest BCUT2D eigenvalue weighted by Gasteiger charge is 2.11. The molecule has 0 atom stereocenters. The Morgan fingerprint density at radius 2 is 1.79 bits per heavy atom. The fourth-order valence-electron chi connectivity index (χ4n) is 3.75. The number of methoxy groups -OCH3 is 1. The van der Waals surface area contributed by atoms with Crippen LogP contribution in [0.5, 0.6) is 5.75 Å². The van der Waals surface area contributed by atoms with Crippen molar-refractivity contribution in [2.45, 2.75) is 19.3 Å². The molecule has 0 aliphatic carbocycles. The van der Waals surface area contributed by atoms with Crippen molar-refractivity contribution in [1.29, 1.82) is 0 Å². The highest BCUT2D eigenvalue weighted by molar-refractivity contribution is 5.88. The molecule has 0 unspecified atom stereocenters. The van der Waals surface area contributed by atoms with Gasteiger partial charge in [0, 0.05) is 42.0 Å². The molecule has 2 aromatic heterocycles. The number of nitrogens with one attached hydrogen (secondary N) is 4. The van der Waals surface area contributed by atoms with E-state index in [9.17, 15) is 14.4 Å². The van der Waals surface area contributed by atoms with Crippen LogP contribution in [0.4, 0.5) is 0 Å². The third-order valence-electron chi connectivity index (χ3n) is 5.47. The molecule has 0 spiro atoms. The van der Waals surface area contributed by atoms with E-state index in [1.54, 1.807) is 31.4 Å². The zero-order chi connectivity index (χ0) is 23.2. The number of aromatic amines is 2. The van der Waals surface area contributed by atoms with Gasteiger partial charge in [-0.1, -0.05) is 18.2 Å². The second-order valence-electron chi connectivity index (χ2n) is 7.65. The van der Waals surface area contributed by atoms with Gasteiger partial charge in [0.15, 0.2) is 0 Å². The highest BCUT2D eigenvalue weighted by atomic mass is 16.5. The van der Waals surface area contributed by atoms with Crippen LogP contribution in [-0.2, 0) is 22.4 Å². The third kappa shape index (κ3) is 5.20. The number of carbonyl (C=O) groups is 2. The van der Waals surface area contributed by atoms with Crippen LogP contribution in [0, 0.1) is 0 Å². The fraction of sp³-hybridized carbons (Fsp3) is 0.250. The zero-order valence-electron chi connectivity index (χ0n) is 18.2. The Labute approximate surface area is 189 Å². The van der Waals surface area contributed by atoms with Crippen molar-refractivity contribution < 1.29 is 14.3 Å². The number of benzene rings is 2. The van der Waals surface area contributed by atoms with Gasteiger partial charge in [-0.3, -0.25) is 14.4 Å². The minimum absolute atomic E-state index is 0.0168. The molecule has 2 aromatic carbocycles. The maximum absolute atomic E-state index is 12.3. The molecule has 9 heteroatoms. The van der Waals surface area contributed by atoms with E-state index in [2.05, 4.69) is 25.8 Å². The van der Waals surface area contributed by atoms with Gasteiger partial charge >= 0.3 is 0 Å². The fourth-order valence-corrected chi connectivity index (χ4v) is 3.75. The molecule has 0 saturated carbocycles. The Morgan fingerprint density at radius 1 is 1.00 bits per heavy atom. The molecule has 4 N–H and O–H groups in total. The highest BCUT2D eigenvalue weighted by Crippen LogP contribution is 2.23. The summed E-state index contributed by atoms with van der Waals surface area (Å²) in [7, 11) is 1.63. The molecule has 9 nitrogen and oxygen atoms in total. The second-order valence-corrected chi connectivity index (χ2v) is 7.65. The Balaban J connectivity index is 1.22. The summed E-state index contributed by atoms with van der Waals surface area (Å²) in [5.74, 6) is 0.383. The van der Waals surface area contributed by atoms with Crippen molar-refractivity contribution in [2.24, 2.45) is 0 Å². The number of hydrogen-bond acceptors (Lipinski definition) is 5. The lowest BCUT2D eigenvalue weighted by molar-refractivity contribution is -0.122. The van der Waals surface area contributed by atoms with E-state index in [1.807, 2.05) is 24.4 Å². The van der Waals surface area contributed by atoms with Crippen molar-refractivity contribution in [2.75, 3.05) is 20.2 Å². The first-order valence-corrected chi connectivity index (χ1v) is 10.7. The van der Waals surface area contributed by atoms with Crippen LogP contribution < -0.4 is 20.9 Å². The first kappa shape index (κ1) is 22.1. The van der Waals surface area contributed by atoms with Gasteiger partial charge in [-0.05, 0) is 36.2 Å². The number of carbonyl (C=O) groups excluding carboxylic acids is 2. The predicted octanol–water partition coefficient (Wildman–Crippen LogP) is 1.82. The van der Waals surface area contributed by atoms with Crippen molar-refractivity contribution in [3.05, 3.63) is 70.3 Å². The van der Waals surface area contributed by atoms with Crippen LogP contribution in [-0.4, -0.2) is 47.2 Å². The molecule has 33 heavy (non-hydrogen) atoms. The average Bonchev–Trinajstić information content (AvgIpc) is 3.23. The summed E-state index contributed by atoms with van der Waals surface area (Å²) in [5, 5.41) is 14.2. The van der Waals surface area contributed by atoms with E-state index >= 15 is 0 Å². The molecular weight excluding hydrogens is 422 g/mol. The largest absolute Gasteiger partial charge is 0.497 e. The molecule has 0 aliphatic heterocycles. The van der Waals surface area contributed by atoms with Crippen LogP contribution in [0.25, 0.3) is 21.7 Å². The number of H-pyrrole nitrogens is 2. The SMILES string of the molecule is COc1ccc2[nH]cc(CCNC(=O)CCNC(=O)Cc3n[nH]c(=O)c4ccccc34)c2c1. The van der Waals surface area contributed by atoms with E-state index in [0.29, 0.717) is 29.4 Å². The molecule has 0 bridgehead atoms. The van der Waals surface area contributed by atoms with Gasteiger partial charge in [-0.25, -0.2) is 5.10 Å². The summed E-state index contributed by atoms with van der Waals surface area (Å²) in [6.07, 6.45) is 2.80. The van der Waals surface area contributed by atoms with Gasteiger partial charge in [-0.2, -0.15) is 5.10 Å². The number of amides is 2. The lowest BCUT2D eigenvalue weighted by Crippen LogP contribution is -2.32. The minimum Gasteiger partial charge on any atom is -0.497 e. The van der Waals surface area contributed by atoms with E-state index in [4.69, 9.17) is 4.74 Å². The normalized spacial score (nSPS) is 10.9. The summed E-state index contributed by atoms with van der Waals surface area (Å²) in [4.78, 5) is 39.5. The van der Waals surface area contributed by atoms with E-state index in [-0.39, 0.29) is 36.8 Å². The monoisotopic (exact) mass is 447 g/mol. The topological polar surface area (TPSA) is 129 Å². The van der Waals surface area contributed by atoms with Crippen LogP contribution in [0.3, 0.4) is 0 Å². The number of ether oxygens (including phenoxy) is 1. The van der Waals surface area contributed by atoms with Crippen molar-refractivity contribution in [1.82, 2.24) is 25.8 Å². The van der Waals surface area contributed by atoms with Crippen molar-refractivity contribution in [3.8, 4) is 5.75 Å². The van der Waals surface area contributed by atoms with E-state index in [0.717, 1.165) is 22.2 Å². The Hall–Kier alpha value is -4.14. The Kier molecular flexibility index (Phi) is 6.68.